The summed E-state index contributed by atoms with van der Waals surface area (Å²) in [5.41, 5.74) is 9.60. The molecule has 0 saturated heterocycles. The molecule has 0 aliphatic carbocycles. The third-order valence-electron chi connectivity index (χ3n) is 5.21. The summed E-state index contributed by atoms with van der Waals surface area (Å²) in [5.74, 6) is 0. The van der Waals surface area contributed by atoms with Crippen molar-refractivity contribution in [2.24, 2.45) is 0 Å². The minimum atomic E-state index is 0.923. The Morgan fingerprint density at radius 2 is 1.62 bits per heavy atom. The van der Waals surface area contributed by atoms with Crippen LogP contribution in [0.1, 0.15) is 37.5 Å². The van der Waals surface area contributed by atoms with E-state index in [2.05, 4.69) is 77.6 Å². The molecule has 26 heavy (non-hydrogen) atoms. The van der Waals surface area contributed by atoms with Crippen molar-refractivity contribution < 1.29 is 0 Å². The van der Waals surface area contributed by atoms with E-state index in [1.54, 1.807) is 0 Å². The van der Waals surface area contributed by atoms with Crippen LogP contribution in [0.2, 0.25) is 0 Å². The van der Waals surface area contributed by atoms with Crippen molar-refractivity contribution in [3.05, 3.63) is 59.3 Å². The Bertz CT molecular complexity index is 1030. The van der Waals surface area contributed by atoms with Crippen LogP contribution in [0.15, 0.2) is 42.6 Å². The monoisotopic (exact) mass is 344 g/mol. The Morgan fingerprint density at radius 1 is 0.846 bits per heavy atom. The molecule has 0 saturated carbocycles. The number of aromatic amines is 2. The van der Waals surface area contributed by atoms with Crippen molar-refractivity contribution >= 4 is 10.9 Å². The molecule has 0 unspecified atom stereocenters. The topological polar surface area (TPSA) is 57.4 Å². The second kappa shape index (κ2) is 6.79. The Hall–Kier alpha value is -2.88. The Labute approximate surface area is 153 Å². The normalized spacial score (nSPS) is 11.3. The fraction of sp³-hybridized carbons (Fsp3) is 0.273. The van der Waals surface area contributed by atoms with Gasteiger partial charge in [0.15, 0.2) is 0 Å². The maximum Gasteiger partial charge on any atom is 0.120 e. The van der Waals surface area contributed by atoms with Gasteiger partial charge in [0.1, 0.15) is 5.69 Å². The SMILES string of the molecule is CCc1cc(-c2nn[nH]c2-c2ccc3[nH]ccc3c2)cc(CC)c1CC. The number of H-pyrrole nitrogens is 2. The number of nitrogens with one attached hydrogen (secondary N) is 2. The van der Waals surface area contributed by atoms with Crippen LogP contribution in [0, 0.1) is 0 Å². The molecule has 4 rings (SSSR count). The molecule has 2 N–H and O–H groups in total. The minimum absolute atomic E-state index is 0.923. The molecular formula is C22H24N4. The van der Waals surface area contributed by atoms with E-state index in [0.717, 1.165) is 47.3 Å². The third-order valence-corrected chi connectivity index (χ3v) is 5.21. The van der Waals surface area contributed by atoms with E-state index in [1.165, 1.54) is 22.1 Å². The smallest absolute Gasteiger partial charge is 0.120 e. The molecule has 2 heterocycles. The molecule has 0 atom stereocenters. The highest BCUT2D eigenvalue weighted by Gasteiger charge is 2.16. The zero-order chi connectivity index (χ0) is 18.1. The lowest BCUT2D eigenvalue weighted by molar-refractivity contribution is 0.942. The van der Waals surface area contributed by atoms with E-state index in [-0.39, 0.29) is 0 Å². The lowest BCUT2D eigenvalue weighted by Gasteiger charge is -2.14. The minimum Gasteiger partial charge on any atom is -0.361 e. The van der Waals surface area contributed by atoms with Crippen molar-refractivity contribution in [2.45, 2.75) is 40.0 Å². The van der Waals surface area contributed by atoms with Gasteiger partial charge in [0.2, 0.25) is 0 Å². The van der Waals surface area contributed by atoms with Crippen molar-refractivity contribution in [1.29, 1.82) is 0 Å². The first-order valence-electron chi connectivity index (χ1n) is 9.38. The molecule has 0 fully saturated rings. The quantitative estimate of drug-likeness (QED) is 0.515. The number of aryl methyl sites for hydroxylation is 2. The zero-order valence-electron chi connectivity index (χ0n) is 15.6. The fourth-order valence-corrected chi connectivity index (χ4v) is 3.86. The number of hydrogen-bond acceptors (Lipinski definition) is 2. The number of nitrogens with zero attached hydrogens (tertiary/aromatic N) is 2. The van der Waals surface area contributed by atoms with E-state index in [1.807, 2.05) is 6.20 Å². The second-order valence-electron chi connectivity index (χ2n) is 6.65. The van der Waals surface area contributed by atoms with Gasteiger partial charge in [-0.1, -0.05) is 32.1 Å². The predicted molar refractivity (Wildman–Crippen MR) is 107 cm³/mol. The van der Waals surface area contributed by atoms with Gasteiger partial charge in [-0.2, -0.15) is 0 Å². The van der Waals surface area contributed by atoms with Crippen molar-refractivity contribution in [3.63, 3.8) is 0 Å². The van der Waals surface area contributed by atoms with Gasteiger partial charge in [0.25, 0.3) is 0 Å². The first-order chi connectivity index (χ1) is 12.7. The number of benzene rings is 2. The summed E-state index contributed by atoms with van der Waals surface area (Å²) < 4.78 is 0. The number of hydrogen-bond donors (Lipinski definition) is 2. The second-order valence-corrected chi connectivity index (χ2v) is 6.65. The summed E-state index contributed by atoms with van der Waals surface area (Å²) in [6.07, 6.45) is 5.10. The summed E-state index contributed by atoms with van der Waals surface area (Å²) >= 11 is 0. The van der Waals surface area contributed by atoms with E-state index >= 15 is 0 Å². The Balaban J connectivity index is 1.86. The molecule has 0 aliphatic heterocycles. The molecule has 0 amide bonds. The lowest BCUT2D eigenvalue weighted by atomic mass is 9.91. The first kappa shape index (κ1) is 16.6. The van der Waals surface area contributed by atoms with Crippen LogP contribution >= 0.6 is 0 Å². The van der Waals surface area contributed by atoms with Gasteiger partial charge in [-0.05, 0) is 66.3 Å². The van der Waals surface area contributed by atoms with Crippen LogP contribution < -0.4 is 0 Å². The Kier molecular flexibility index (Phi) is 4.33. The van der Waals surface area contributed by atoms with Crippen molar-refractivity contribution in [1.82, 2.24) is 20.4 Å². The molecular weight excluding hydrogens is 320 g/mol. The van der Waals surface area contributed by atoms with Crippen LogP contribution in [0.25, 0.3) is 33.4 Å². The summed E-state index contributed by atoms with van der Waals surface area (Å²) in [6, 6.07) is 13.0. The van der Waals surface area contributed by atoms with Crippen LogP contribution in [0.3, 0.4) is 0 Å². The maximum absolute atomic E-state index is 4.42. The fourth-order valence-electron chi connectivity index (χ4n) is 3.86. The van der Waals surface area contributed by atoms with E-state index in [4.69, 9.17) is 0 Å². The van der Waals surface area contributed by atoms with Gasteiger partial charge in [0, 0.05) is 28.2 Å². The highest BCUT2D eigenvalue weighted by atomic mass is 15.3. The van der Waals surface area contributed by atoms with E-state index in [9.17, 15) is 0 Å². The van der Waals surface area contributed by atoms with E-state index < -0.39 is 0 Å². The summed E-state index contributed by atoms with van der Waals surface area (Å²) in [5, 5.41) is 12.8. The van der Waals surface area contributed by atoms with Gasteiger partial charge in [0.05, 0.1) is 5.69 Å². The molecule has 0 aliphatic rings. The van der Waals surface area contributed by atoms with Crippen LogP contribution in [0.4, 0.5) is 0 Å². The molecule has 4 heteroatoms. The highest BCUT2D eigenvalue weighted by molar-refractivity contribution is 5.87. The average molecular weight is 344 g/mol. The van der Waals surface area contributed by atoms with Crippen LogP contribution in [0.5, 0.6) is 0 Å². The molecule has 0 radical (unpaired) electrons. The molecule has 2 aromatic heterocycles. The number of rotatable bonds is 5. The zero-order valence-corrected chi connectivity index (χ0v) is 15.6. The highest BCUT2D eigenvalue weighted by Crippen LogP contribution is 2.33. The van der Waals surface area contributed by atoms with Crippen LogP contribution in [-0.4, -0.2) is 20.4 Å². The molecule has 0 bridgehead atoms. The van der Waals surface area contributed by atoms with Gasteiger partial charge < -0.3 is 4.98 Å². The van der Waals surface area contributed by atoms with Gasteiger partial charge >= 0.3 is 0 Å². The standard InChI is InChI=1S/C22H24N4/c1-4-14-11-18(12-15(5-2)19(14)6-3)22-21(24-26-25-22)17-7-8-20-16(13-17)9-10-23-20/h7-13,23H,4-6H2,1-3H3,(H,24,25,26). The first-order valence-corrected chi connectivity index (χ1v) is 9.38. The summed E-state index contributed by atoms with van der Waals surface area (Å²) in [4.78, 5) is 3.24. The average Bonchev–Trinajstić information content (AvgIpc) is 3.35. The maximum atomic E-state index is 4.42. The molecule has 4 nitrogen and oxygen atoms in total. The predicted octanol–water partition coefficient (Wildman–Crippen LogP) is 5.31. The van der Waals surface area contributed by atoms with Gasteiger partial charge in [-0.15, -0.1) is 5.10 Å². The summed E-state index contributed by atoms with van der Waals surface area (Å²) in [6.45, 7) is 6.68. The van der Waals surface area contributed by atoms with Crippen LogP contribution in [-0.2, 0) is 19.3 Å². The van der Waals surface area contributed by atoms with Crippen molar-refractivity contribution in [2.75, 3.05) is 0 Å². The van der Waals surface area contributed by atoms with Crippen molar-refractivity contribution in [3.8, 4) is 22.5 Å². The van der Waals surface area contributed by atoms with Gasteiger partial charge in [-0.25, -0.2) is 0 Å². The Morgan fingerprint density at radius 3 is 2.31 bits per heavy atom. The molecule has 0 spiro atoms. The van der Waals surface area contributed by atoms with E-state index in [0.29, 0.717) is 0 Å². The van der Waals surface area contributed by atoms with Gasteiger partial charge in [-0.3, -0.25) is 5.10 Å². The molecule has 2 aromatic carbocycles. The largest absolute Gasteiger partial charge is 0.361 e. The number of aromatic nitrogens is 4. The summed E-state index contributed by atoms with van der Waals surface area (Å²) in [7, 11) is 0. The lowest BCUT2D eigenvalue weighted by Crippen LogP contribution is -1.99. The molecule has 4 aromatic rings. The number of fused-ring (bicyclic) bond motifs is 1. The molecule has 132 valence electrons. The third kappa shape index (κ3) is 2.71.